The van der Waals surface area contributed by atoms with Crippen LogP contribution >= 0.6 is 24.0 Å². The van der Waals surface area contributed by atoms with E-state index in [-0.39, 0.29) is 36.4 Å². The zero-order chi connectivity index (χ0) is 20.5. The molecule has 1 aliphatic carbocycles. The predicted molar refractivity (Wildman–Crippen MR) is 128 cm³/mol. The largest absolute Gasteiger partial charge is 0.379 e. The molecule has 0 unspecified atom stereocenters. The Morgan fingerprint density at radius 1 is 1.27 bits per heavy atom. The minimum atomic E-state index is 0. The van der Waals surface area contributed by atoms with Gasteiger partial charge in [0.25, 0.3) is 0 Å². The second-order valence-electron chi connectivity index (χ2n) is 7.91. The van der Waals surface area contributed by atoms with Crippen molar-refractivity contribution in [3.05, 3.63) is 18.0 Å². The fourth-order valence-electron chi connectivity index (χ4n) is 3.64. The van der Waals surface area contributed by atoms with E-state index in [9.17, 15) is 4.79 Å². The van der Waals surface area contributed by atoms with Gasteiger partial charge >= 0.3 is 0 Å². The standard InChI is InChI=1S/C20H35N7O2.HI/c1-25(2)19(28)16-23-20(21-8-10-26-11-13-29-14-12-26)22-15-17-7-9-27(24-17)18-5-3-4-6-18;/h7,9,18H,3-6,8,10-16H2,1-2H3,(H2,21,22,23);1H. The molecule has 1 amide bonds. The Morgan fingerprint density at radius 3 is 2.70 bits per heavy atom. The van der Waals surface area contributed by atoms with Gasteiger partial charge in [0.05, 0.1) is 38.0 Å². The highest BCUT2D eigenvalue weighted by molar-refractivity contribution is 14.0. The molecule has 1 saturated heterocycles. The van der Waals surface area contributed by atoms with Gasteiger partial charge in [-0.05, 0) is 18.9 Å². The number of carbonyl (C=O) groups is 1. The molecule has 2 aliphatic rings. The molecule has 3 rings (SSSR count). The van der Waals surface area contributed by atoms with Crippen LogP contribution in [-0.4, -0.2) is 91.5 Å². The fourth-order valence-corrected chi connectivity index (χ4v) is 3.64. The first-order valence-corrected chi connectivity index (χ1v) is 10.7. The molecule has 1 aliphatic heterocycles. The number of nitrogens with one attached hydrogen (secondary N) is 2. The van der Waals surface area contributed by atoms with Gasteiger partial charge in [0.1, 0.15) is 0 Å². The lowest BCUT2D eigenvalue weighted by molar-refractivity contribution is -0.127. The summed E-state index contributed by atoms with van der Waals surface area (Å²) in [5, 5.41) is 11.2. The van der Waals surface area contributed by atoms with Crippen LogP contribution in [0.15, 0.2) is 17.3 Å². The SMILES string of the molecule is CN(C)C(=O)CNC(=NCc1ccn(C2CCCC2)n1)NCCN1CCOCC1.I. The van der Waals surface area contributed by atoms with Crippen molar-refractivity contribution in [1.82, 2.24) is 30.2 Å². The topological polar surface area (TPSA) is 87.0 Å². The number of carbonyl (C=O) groups excluding carboxylic acids is 1. The van der Waals surface area contributed by atoms with E-state index in [1.165, 1.54) is 25.7 Å². The first-order chi connectivity index (χ1) is 14.1. The summed E-state index contributed by atoms with van der Waals surface area (Å²) in [6, 6.07) is 2.58. The Morgan fingerprint density at radius 2 is 2.00 bits per heavy atom. The summed E-state index contributed by atoms with van der Waals surface area (Å²) in [6.45, 7) is 5.88. The van der Waals surface area contributed by atoms with Crippen LogP contribution in [0.25, 0.3) is 0 Å². The molecule has 0 atom stereocenters. The van der Waals surface area contributed by atoms with E-state index in [4.69, 9.17) is 9.84 Å². The van der Waals surface area contributed by atoms with E-state index >= 15 is 0 Å². The molecule has 30 heavy (non-hydrogen) atoms. The zero-order valence-electron chi connectivity index (χ0n) is 18.2. The molecule has 2 heterocycles. The molecule has 1 saturated carbocycles. The third-order valence-electron chi connectivity index (χ3n) is 5.49. The minimum Gasteiger partial charge on any atom is -0.379 e. The first-order valence-electron chi connectivity index (χ1n) is 10.7. The molecule has 0 aromatic carbocycles. The van der Waals surface area contributed by atoms with Crippen LogP contribution in [0.4, 0.5) is 0 Å². The number of aliphatic imine (C=N–C) groups is 1. The molecule has 0 radical (unpaired) electrons. The van der Waals surface area contributed by atoms with Crippen molar-refractivity contribution in [2.45, 2.75) is 38.3 Å². The highest BCUT2D eigenvalue weighted by atomic mass is 127. The van der Waals surface area contributed by atoms with Crippen LogP contribution in [0.5, 0.6) is 0 Å². The Labute approximate surface area is 196 Å². The average molecular weight is 533 g/mol. The van der Waals surface area contributed by atoms with Crippen molar-refractivity contribution < 1.29 is 9.53 Å². The number of nitrogens with zero attached hydrogens (tertiary/aromatic N) is 5. The maximum absolute atomic E-state index is 11.9. The normalized spacial score (nSPS) is 18.1. The van der Waals surface area contributed by atoms with E-state index in [0.717, 1.165) is 45.1 Å². The molecule has 170 valence electrons. The lowest BCUT2D eigenvalue weighted by atomic mass is 10.3. The number of rotatable bonds is 8. The van der Waals surface area contributed by atoms with Crippen LogP contribution in [0.3, 0.4) is 0 Å². The Balaban J connectivity index is 0.00000320. The molecular formula is C20H36IN7O2. The summed E-state index contributed by atoms with van der Waals surface area (Å²) in [4.78, 5) is 20.5. The molecule has 0 spiro atoms. The summed E-state index contributed by atoms with van der Waals surface area (Å²) in [7, 11) is 3.50. The van der Waals surface area contributed by atoms with Crippen LogP contribution < -0.4 is 10.6 Å². The van der Waals surface area contributed by atoms with E-state index in [1.807, 2.05) is 6.07 Å². The third-order valence-corrected chi connectivity index (χ3v) is 5.49. The van der Waals surface area contributed by atoms with Gasteiger partial charge in [-0.2, -0.15) is 5.10 Å². The fraction of sp³-hybridized carbons (Fsp3) is 0.750. The van der Waals surface area contributed by atoms with Gasteiger partial charge in [-0.1, -0.05) is 12.8 Å². The highest BCUT2D eigenvalue weighted by Gasteiger charge is 2.17. The van der Waals surface area contributed by atoms with Crippen LogP contribution in [0, 0.1) is 0 Å². The molecule has 2 N–H and O–H groups in total. The van der Waals surface area contributed by atoms with Gasteiger partial charge in [-0.15, -0.1) is 24.0 Å². The summed E-state index contributed by atoms with van der Waals surface area (Å²) in [6.07, 6.45) is 7.08. The van der Waals surface area contributed by atoms with Crippen LogP contribution in [0.1, 0.15) is 37.4 Å². The van der Waals surface area contributed by atoms with E-state index < -0.39 is 0 Å². The molecule has 10 heteroatoms. The summed E-state index contributed by atoms with van der Waals surface area (Å²) < 4.78 is 7.48. The molecule has 1 aromatic rings. The number of hydrogen-bond acceptors (Lipinski definition) is 5. The van der Waals surface area contributed by atoms with Gasteiger partial charge in [-0.25, -0.2) is 4.99 Å². The second kappa shape index (κ2) is 13.1. The van der Waals surface area contributed by atoms with E-state index in [1.54, 1.807) is 19.0 Å². The van der Waals surface area contributed by atoms with Gasteiger partial charge in [-0.3, -0.25) is 14.4 Å². The number of amides is 1. The van der Waals surface area contributed by atoms with E-state index in [2.05, 4.69) is 31.4 Å². The minimum absolute atomic E-state index is 0. The van der Waals surface area contributed by atoms with Gasteiger partial charge in [0, 0.05) is 46.5 Å². The van der Waals surface area contributed by atoms with Gasteiger partial charge < -0.3 is 20.3 Å². The van der Waals surface area contributed by atoms with Gasteiger partial charge in [0.2, 0.25) is 5.91 Å². The summed E-state index contributed by atoms with van der Waals surface area (Å²) in [5.74, 6) is 0.655. The predicted octanol–water partition coefficient (Wildman–Crippen LogP) is 1.07. The highest BCUT2D eigenvalue weighted by Crippen LogP contribution is 2.28. The molecule has 2 fully saturated rings. The number of ether oxygens (including phenoxy) is 1. The summed E-state index contributed by atoms with van der Waals surface area (Å²) >= 11 is 0. The number of aromatic nitrogens is 2. The maximum atomic E-state index is 11.9. The smallest absolute Gasteiger partial charge is 0.241 e. The van der Waals surface area contributed by atoms with Crippen LogP contribution in [0.2, 0.25) is 0 Å². The maximum Gasteiger partial charge on any atom is 0.241 e. The second-order valence-corrected chi connectivity index (χ2v) is 7.91. The first kappa shape index (κ1) is 24.9. The lowest BCUT2D eigenvalue weighted by Crippen LogP contribution is -2.46. The third kappa shape index (κ3) is 8.03. The number of likely N-dealkylation sites (N-methyl/N-ethyl adjacent to an activating group) is 1. The van der Waals surface area contributed by atoms with Crippen LogP contribution in [-0.2, 0) is 16.1 Å². The molecule has 0 bridgehead atoms. The molecular weight excluding hydrogens is 497 g/mol. The lowest BCUT2D eigenvalue weighted by Gasteiger charge is -2.26. The van der Waals surface area contributed by atoms with Crippen molar-refractivity contribution in [2.24, 2.45) is 4.99 Å². The molecule has 1 aromatic heterocycles. The van der Waals surface area contributed by atoms with Crippen molar-refractivity contribution in [3.8, 4) is 0 Å². The summed E-state index contributed by atoms with van der Waals surface area (Å²) in [5.41, 5.74) is 0.949. The van der Waals surface area contributed by atoms with Crippen molar-refractivity contribution in [1.29, 1.82) is 0 Å². The Hall–Kier alpha value is -1.40. The van der Waals surface area contributed by atoms with Crippen molar-refractivity contribution >= 4 is 35.8 Å². The number of morpholine rings is 1. The number of hydrogen-bond donors (Lipinski definition) is 2. The quantitative estimate of drug-likeness (QED) is 0.296. The Bertz CT molecular complexity index is 668. The zero-order valence-corrected chi connectivity index (χ0v) is 20.5. The van der Waals surface area contributed by atoms with Gasteiger partial charge in [0.15, 0.2) is 5.96 Å². The Kier molecular flexibility index (Phi) is 10.9. The number of guanidine groups is 1. The molecule has 9 nitrogen and oxygen atoms in total. The van der Waals surface area contributed by atoms with E-state index in [0.29, 0.717) is 18.5 Å². The van der Waals surface area contributed by atoms with Crippen molar-refractivity contribution in [3.63, 3.8) is 0 Å². The monoisotopic (exact) mass is 533 g/mol. The van der Waals surface area contributed by atoms with Crippen molar-refractivity contribution in [2.75, 3.05) is 60.0 Å². The number of halogens is 1. The average Bonchev–Trinajstić information content (AvgIpc) is 3.41.